The highest BCUT2D eigenvalue weighted by molar-refractivity contribution is 6.20. The quantitative estimate of drug-likeness (QED) is 0.431. The van der Waals surface area contributed by atoms with Gasteiger partial charge in [0.25, 0.3) is 0 Å². The van der Waals surface area contributed by atoms with Gasteiger partial charge in [-0.1, -0.05) is 0 Å². The zero-order valence-electron chi connectivity index (χ0n) is 15.2. The summed E-state index contributed by atoms with van der Waals surface area (Å²) >= 11 is 0. The first kappa shape index (κ1) is 20.8. The number of hydrogen-bond acceptors (Lipinski definition) is 9. The molecule has 140 valence electrons. The van der Waals surface area contributed by atoms with Crippen molar-refractivity contribution < 1.29 is 42.9 Å². The van der Waals surface area contributed by atoms with Gasteiger partial charge in [0.15, 0.2) is 5.78 Å². The van der Waals surface area contributed by atoms with E-state index in [1.807, 2.05) is 0 Å². The molecule has 0 saturated carbocycles. The maximum absolute atomic E-state index is 12.3. The number of carbonyl (C=O) groups is 5. The standard InChI is InChI=1S/C17H18O9/c1-7-9(8(2)18)11(15(20)24-4)13(17(22)26-6)12(16(21)25-5)10(7)14(19)23-3/h1-6H3. The highest BCUT2D eigenvalue weighted by atomic mass is 16.5. The summed E-state index contributed by atoms with van der Waals surface area (Å²) in [6.45, 7) is 2.47. The Morgan fingerprint density at radius 3 is 1.12 bits per heavy atom. The lowest BCUT2D eigenvalue weighted by Crippen LogP contribution is -2.26. The van der Waals surface area contributed by atoms with Crippen LogP contribution in [0.4, 0.5) is 0 Å². The van der Waals surface area contributed by atoms with E-state index in [1.165, 1.54) is 6.92 Å². The Labute approximate surface area is 149 Å². The summed E-state index contributed by atoms with van der Waals surface area (Å²) in [5, 5.41) is 0. The van der Waals surface area contributed by atoms with Crippen LogP contribution in [0.1, 0.15) is 64.3 Å². The first-order valence-electron chi connectivity index (χ1n) is 7.22. The van der Waals surface area contributed by atoms with Crippen molar-refractivity contribution >= 4 is 29.7 Å². The van der Waals surface area contributed by atoms with E-state index >= 15 is 0 Å². The van der Waals surface area contributed by atoms with Crippen LogP contribution in [-0.2, 0) is 18.9 Å². The van der Waals surface area contributed by atoms with Crippen LogP contribution < -0.4 is 0 Å². The first-order chi connectivity index (χ1) is 12.2. The van der Waals surface area contributed by atoms with Crippen molar-refractivity contribution in [3.63, 3.8) is 0 Å². The van der Waals surface area contributed by atoms with Gasteiger partial charge in [0.05, 0.1) is 50.7 Å². The monoisotopic (exact) mass is 366 g/mol. The Kier molecular flexibility index (Phi) is 6.59. The highest BCUT2D eigenvalue weighted by Crippen LogP contribution is 2.31. The Morgan fingerprint density at radius 2 is 0.808 bits per heavy atom. The number of benzene rings is 1. The third-order valence-electron chi connectivity index (χ3n) is 3.66. The minimum atomic E-state index is -1.13. The predicted molar refractivity (Wildman–Crippen MR) is 86.5 cm³/mol. The molecule has 0 heterocycles. The van der Waals surface area contributed by atoms with Gasteiger partial charge in [0, 0.05) is 5.56 Å². The number of hydrogen-bond donors (Lipinski definition) is 0. The van der Waals surface area contributed by atoms with E-state index in [9.17, 15) is 24.0 Å². The Morgan fingerprint density at radius 1 is 0.538 bits per heavy atom. The van der Waals surface area contributed by atoms with Crippen molar-refractivity contribution in [3.8, 4) is 0 Å². The topological polar surface area (TPSA) is 122 Å². The number of esters is 4. The number of carbonyl (C=O) groups excluding carboxylic acids is 5. The molecule has 0 fully saturated rings. The average molecular weight is 366 g/mol. The molecule has 0 N–H and O–H groups in total. The number of ketones is 1. The van der Waals surface area contributed by atoms with Gasteiger partial charge in [-0.15, -0.1) is 0 Å². The Balaban J connectivity index is 4.33. The molecule has 0 saturated heterocycles. The van der Waals surface area contributed by atoms with Crippen LogP contribution >= 0.6 is 0 Å². The van der Waals surface area contributed by atoms with E-state index in [2.05, 4.69) is 18.9 Å². The van der Waals surface area contributed by atoms with Crippen molar-refractivity contribution in [3.05, 3.63) is 33.4 Å². The second-order valence-electron chi connectivity index (χ2n) is 5.02. The van der Waals surface area contributed by atoms with Crippen LogP contribution in [0.25, 0.3) is 0 Å². The molecule has 0 aromatic heterocycles. The van der Waals surface area contributed by atoms with Crippen molar-refractivity contribution in [2.24, 2.45) is 0 Å². The molecule has 0 amide bonds. The molecular formula is C17H18O9. The van der Waals surface area contributed by atoms with Crippen LogP contribution in [0.5, 0.6) is 0 Å². The minimum Gasteiger partial charge on any atom is -0.465 e. The van der Waals surface area contributed by atoms with Gasteiger partial charge in [-0.3, -0.25) is 4.79 Å². The molecule has 1 aromatic rings. The second-order valence-corrected chi connectivity index (χ2v) is 5.02. The van der Waals surface area contributed by atoms with Gasteiger partial charge in [0.1, 0.15) is 0 Å². The lowest BCUT2D eigenvalue weighted by molar-refractivity contribution is 0.0519. The lowest BCUT2D eigenvalue weighted by atomic mass is 9.85. The number of Topliss-reactive ketones (excluding diaryl/α,β-unsaturated/α-hetero) is 1. The summed E-state index contributed by atoms with van der Waals surface area (Å²) in [4.78, 5) is 61.4. The van der Waals surface area contributed by atoms with Gasteiger partial charge < -0.3 is 18.9 Å². The predicted octanol–water partition coefficient (Wildman–Crippen LogP) is 1.34. The fourth-order valence-corrected chi connectivity index (χ4v) is 2.59. The van der Waals surface area contributed by atoms with Gasteiger partial charge >= 0.3 is 23.9 Å². The van der Waals surface area contributed by atoms with Gasteiger partial charge in [-0.2, -0.15) is 0 Å². The largest absolute Gasteiger partial charge is 0.465 e. The molecule has 0 atom stereocenters. The van der Waals surface area contributed by atoms with E-state index in [-0.39, 0.29) is 16.7 Å². The molecule has 0 bridgehead atoms. The highest BCUT2D eigenvalue weighted by Gasteiger charge is 2.37. The van der Waals surface area contributed by atoms with E-state index < -0.39 is 46.4 Å². The van der Waals surface area contributed by atoms with E-state index in [1.54, 1.807) is 0 Å². The zero-order chi connectivity index (χ0) is 20.2. The normalized spacial score (nSPS) is 9.92. The number of rotatable bonds is 5. The van der Waals surface area contributed by atoms with Crippen LogP contribution in [-0.4, -0.2) is 58.1 Å². The Hall–Kier alpha value is -3.23. The third kappa shape index (κ3) is 3.41. The van der Waals surface area contributed by atoms with Crippen LogP contribution in [0.15, 0.2) is 0 Å². The molecule has 1 aromatic carbocycles. The van der Waals surface area contributed by atoms with Crippen molar-refractivity contribution in [1.82, 2.24) is 0 Å². The van der Waals surface area contributed by atoms with E-state index in [0.717, 1.165) is 35.4 Å². The van der Waals surface area contributed by atoms with E-state index in [4.69, 9.17) is 0 Å². The number of ether oxygens (including phenoxy) is 4. The number of methoxy groups -OCH3 is 4. The van der Waals surface area contributed by atoms with Gasteiger partial charge in [-0.25, -0.2) is 19.2 Å². The lowest BCUT2D eigenvalue weighted by Gasteiger charge is -2.19. The SMILES string of the molecule is COC(=O)c1c(C)c(C(C)=O)c(C(=O)OC)c(C(=O)OC)c1C(=O)OC. The maximum atomic E-state index is 12.3. The molecule has 1 rings (SSSR count). The van der Waals surface area contributed by atoms with Crippen molar-refractivity contribution in [1.29, 1.82) is 0 Å². The fourth-order valence-electron chi connectivity index (χ4n) is 2.59. The molecular weight excluding hydrogens is 348 g/mol. The molecule has 26 heavy (non-hydrogen) atoms. The summed E-state index contributed by atoms with van der Waals surface area (Å²) in [5.41, 5.74) is -2.31. The summed E-state index contributed by atoms with van der Waals surface area (Å²) < 4.78 is 18.6. The molecule has 0 aliphatic rings. The first-order valence-corrected chi connectivity index (χ1v) is 7.22. The van der Waals surface area contributed by atoms with Crippen LogP contribution in [0.2, 0.25) is 0 Å². The molecule has 0 radical (unpaired) electrons. The van der Waals surface area contributed by atoms with Gasteiger partial charge in [0.2, 0.25) is 0 Å². The molecule has 0 spiro atoms. The average Bonchev–Trinajstić information content (AvgIpc) is 2.63. The summed E-state index contributed by atoms with van der Waals surface area (Å²) in [7, 11) is 4.13. The molecule has 9 heteroatoms. The Bertz CT molecular complexity index is 805. The molecule has 0 aliphatic carbocycles. The van der Waals surface area contributed by atoms with Crippen LogP contribution in [0, 0.1) is 6.92 Å². The minimum absolute atomic E-state index is 0.0298. The third-order valence-corrected chi connectivity index (χ3v) is 3.66. The van der Waals surface area contributed by atoms with Crippen molar-refractivity contribution in [2.45, 2.75) is 13.8 Å². The maximum Gasteiger partial charge on any atom is 0.339 e. The molecule has 0 aliphatic heterocycles. The summed E-state index contributed by atoms with van der Waals surface area (Å²) in [6, 6.07) is 0. The van der Waals surface area contributed by atoms with Gasteiger partial charge in [-0.05, 0) is 19.4 Å². The second kappa shape index (κ2) is 8.24. The summed E-state index contributed by atoms with van der Waals surface area (Å²) in [5.74, 6) is -4.89. The molecule has 0 unspecified atom stereocenters. The van der Waals surface area contributed by atoms with Crippen molar-refractivity contribution in [2.75, 3.05) is 28.4 Å². The van der Waals surface area contributed by atoms with E-state index in [0.29, 0.717) is 0 Å². The summed E-state index contributed by atoms with van der Waals surface area (Å²) in [6.07, 6.45) is 0. The molecule has 9 nitrogen and oxygen atoms in total. The fraction of sp³-hybridized carbons (Fsp3) is 0.353. The van der Waals surface area contributed by atoms with Crippen LogP contribution in [0.3, 0.4) is 0 Å². The zero-order valence-corrected chi connectivity index (χ0v) is 15.2. The smallest absolute Gasteiger partial charge is 0.339 e.